The van der Waals surface area contributed by atoms with Gasteiger partial charge in [-0.2, -0.15) is 5.10 Å². The lowest BCUT2D eigenvalue weighted by molar-refractivity contribution is -0.123. The maximum atomic E-state index is 12.6. The van der Waals surface area contributed by atoms with Crippen LogP contribution in [0.15, 0.2) is 60.7 Å². The molecule has 1 heterocycles. The van der Waals surface area contributed by atoms with Gasteiger partial charge >= 0.3 is 5.97 Å². The van der Waals surface area contributed by atoms with Crippen molar-refractivity contribution >= 4 is 29.2 Å². The first kappa shape index (κ1) is 18.7. The summed E-state index contributed by atoms with van der Waals surface area (Å²) in [6.45, 7) is 3.16. The molecule has 0 radical (unpaired) electrons. The fourth-order valence-corrected chi connectivity index (χ4v) is 2.86. The van der Waals surface area contributed by atoms with Crippen LogP contribution >= 0.6 is 11.6 Å². The molecule has 3 aromatic rings. The molecule has 138 valence electrons. The highest BCUT2D eigenvalue weighted by molar-refractivity contribution is 6.33. The number of halogens is 1. The lowest BCUT2D eigenvalue weighted by Gasteiger charge is -2.13. The fraction of sp³-hybridized carbons (Fsp3) is 0.150. The van der Waals surface area contributed by atoms with E-state index in [1.807, 2.05) is 36.4 Å². The first-order valence-corrected chi connectivity index (χ1v) is 8.72. The van der Waals surface area contributed by atoms with Crippen molar-refractivity contribution in [3.63, 3.8) is 0 Å². The van der Waals surface area contributed by atoms with Gasteiger partial charge in [0, 0.05) is 5.69 Å². The van der Waals surface area contributed by atoms with Crippen LogP contribution < -0.4 is 5.32 Å². The largest absolute Gasteiger partial charge is 0.449 e. The number of aryl methyl sites for hydroxylation is 1. The summed E-state index contributed by atoms with van der Waals surface area (Å²) >= 11 is 6.35. The zero-order valence-corrected chi connectivity index (χ0v) is 15.6. The van der Waals surface area contributed by atoms with E-state index in [0.29, 0.717) is 11.4 Å². The van der Waals surface area contributed by atoms with E-state index in [1.54, 1.807) is 31.2 Å². The van der Waals surface area contributed by atoms with Gasteiger partial charge in [0.2, 0.25) is 0 Å². The Kier molecular flexibility index (Phi) is 5.57. The molecule has 0 aliphatic carbocycles. The average Bonchev–Trinajstić information content (AvgIpc) is 2.97. The molecular formula is C20H18ClN3O3. The third kappa shape index (κ3) is 4.17. The quantitative estimate of drug-likeness (QED) is 0.675. The molecule has 27 heavy (non-hydrogen) atoms. The fourth-order valence-electron chi connectivity index (χ4n) is 2.51. The molecule has 0 bridgehead atoms. The Morgan fingerprint density at radius 3 is 2.30 bits per heavy atom. The van der Waals surface area contributed by atoms with E-state index >= 15 is 0 Å². The third-order valence-corrected chi connectivity index (χ3v) is 4.25. The second kappa shape index (κ2) is 8.05. The maximum absolute atomic E-state index is 12.6. The van der Waals surface area contributed by atoms with Crippen LogP contribution in [0.25, 0.3) is 5.69 Å². The van der Waals surface area contributed by atoms with Gasteiger partial charge in [-0.15, -0.1) is 0 Å². The van der Waals surface area contributed by atoms with Crippen molar-refractivity contribution in [3.8, 4) is 5.69 Å². The number of anilines is 1. The Balaban J connectivity index is 1.74. The standard InChI is InChI=1S/C20H18ClN3O3/c1-13-17(18(21)24(23-13)16-11-7-4-8-12-16)20(26)27-14(2)19(25)22-15-9-5-3-6-10-15/h3-12,14H,1-2H3,(H,22,25)/t14-/m1/s1. The van der Waals surface area contributed by atoms with Crippen LogP contribution in [0.2, 0.25) is 5.15 Å². The Morgan fingerprint density at radius 2 is 1.67 bits per heavy atom. The lowest BCUT2D eigenvalue weighted by Crippen LogP contribution is -2.30. The van der Waals surface area contributed by atoms with Crippen LogP contribution in [0, 0.1) is 6.92 Å². The minimum Gasteiger partial charge on any atom is -0.449 e. The highest BCUT2D eigenvalue weighted by Gasteiger charge is 2.26. The van der Waals surface area contributed by atoms with E-state index in [-0.39, 0.29) is 10.7 Å². The topological polar surface area (TPSA) is 73.2 Å². The van der Waals surface area contributed by atoms with Crippen molar-refractivity contribution in [2.75, 3.05) is 5.32 Å². The molecule has 0 saturated carbocycles. The summed E-state index contributed by atoms with van der Waals surface area (Å²) in [7, 11) is 0. The van der Waals surface area contributed by atoms with Crippen molar-refractivity contribution in [1.29, 1.82) is 0 Å². The van der Waals surface area contributed by atoms with Gasteiger partial charge in [0.25, 0.3) is 5.91 Å². The number of ether oxygens (including phenoxy) is 1. The number of amides is 1. The molecular weight excluding hydrogens is 366 g/mol. The molecule has 0 spiro atoms. The number of nitrogens with one attached hydrogen (secondary N) is 1. The second-order valence-electron chi connectivity index (χ2n) is 5.90. The minimum atomic E-state index is -0.992. The number of carbonyl (C=O) groups is 2. The summed E-state index contributed by atoms with van der Waals surface area (Å²) in [5, 5.41) is 7.13. The highest BCUT2D eigenvalue weighted by atomic mass is 35.5. The van der Waals surface area contributed by atoms with Crippen molar-refractivity contribution in [2.45, 2.75) is 20.0 Å². The van der Waals surface area contributed by atoms with Crippen LogP contribution in [0.3, 0.4) is 0 Å². The maximum Gasteiger partial charge on any atom is 0.344 e. The normalized spacial score (nSPS) is 11.7. The van der Waals surface area contributed by atoms with Gasteiger partial charge in [-0.3, -0.25) is 4.79 Å². The monoisotopic (exact) mass is 383 g/mol. The Bertz CT molecular complexity index is 955. The molecule has 3 rings (SSSR count). The zero-order valence-electron chi connectivity index (χ0n) is 14.8. The number of carbonyl (C=O) groups excluding carboxylic acids is 2. The van der Waals surface area contributed by atoms with E-state index in [4.69, 9.17) is 16.3 Å². The number of esters is 1. The SMILES string of the molecule is Cc1nn(-c2ccccc2)c(Cl)c1C(=O)O[C@H](C)C(=O)Nc1ccccc1. The van der Waals surface area contributed by atoms with E-state index < -0.39 is 18.0 Å². The minimum absolute atomic E-state index is 0.138. The van der Waals surface area contributed by atoms with Gasteiger partial charge < -0.3 is 10.1 Å². The first-order valence-electron chi connectivity index (χ1n) is 8.35. The molecule has 1 N–H and O–H groups in total. The molecule has 0 aliphatic rings. The van der Waals surface area contributed by atoms with E-state index in [2.05, 4.69) is 10.4 Å². The molecule has 1 amide bonds. The summed E-state index contributed by atoms with van der Waals surface area (Å²) in [5.41, 5.74) is 1.90. The van der Waals surface area contributed by atoms with Gasteiger partial charge in [-0.25, -0.2) is 9.48 Å². The second-order valence-corrected chi connectivity index (χ2v) is 6.26. The van der Waals surface area contributed by atoms with Crippen LogP contribution in [-0.2, 0) is 9.53 Å². The van der Waals surface area contributed by atoms with Gasteiger partial charge in [0.15, 0.2) is 6.10 Å². The number of para-hydroxylation sites is 2. The first-order chi connectivity index (χ1) is 13.0. The summed E-state index contributed by atoms with van der Waals surface area (Å²) in [6.07, 6.45) is -0.992. The predicted molar refractivity (Wildman–Crippen MR) is 103 cm³/mol. The summed E-state index contributed by atoms with van der Waals surface area (Å²) in [6, 6.07) is 18.1. The predicted octanol–water partition coefficient (Wildman–Crippen LogP) is 4.02. The summed E-state index contributed by atoms with van der Waals surface area (Å²) in [4.78, 5) is 24.8. The molecule has 6 nitrogen and oxygen atoms in total. The smallest absolute Gasteiger partial charge is 0.344 e. The zero-order chi connectivity index (χ0) is 19.4. The third-order valence-electron chi connectivity index (χ3n) is 3.90. The molecule has 2 aromatic carbocycles. The van der Waals surface area contributed by atoms with E-state index in [9.17, 15) is 9.59 Å². The van der Waals surface area contributed by atoms with Crippen molar-refractivity contribution in [1.82, 2.24) is 9.78 Å². The van der Waals surface area contributed by atoms with Gasteiger partial charge in [-0.1, -0.05) is 48.0 Å². The Hall–Kier alpha value is -3.12. The number of rotatable bonds is 5. The Morgan fingerprint density at radius 1 is 1.07 bits per heavy atom. The number of hydrogen-bond acceptors (Lipinski definition) is 4. The average molecular weight is 384 g/mol. The van der Waals surface area contributed by atoms with Gasteiger partial charge in [0.05, 0.1) is 11.4 Å². The summed E-state index contributed by atoms with van der Waals surface area (Å²) in [5.74, 6) is -1.13. The Labute approximate surface area is 161 Å². The summed E-state index contributed by atoms with van der Waals surface area (Å²) < 4.78 is 6.75. The van der Waals surface area contributed by atoms with Crippen LogP contribution in [-0.4, -0.2) is 27.8 Å². The number of nitrogens with zero attached hydrogens (tertiary/aromatic N) is 2. The molecule has 0 aliphatic heterocycles. The lowest BCUT2D eigenvalue weighted by atomic mass is 10.2. The molecule has 7 heteroatoms. The molecule has 1 aromatic heterocycles. The molecule has 1 atom stereocenters. The molecule has 0 fully saturated rings. The van der Waals surface area contributed by atoms with E-state index in [0.717, 1.165) is 5.69 Å². The number of hydrogen-bond donors (Lipinski definition) is 1. The van der Waals surface area contributed by atoms with Crippen molar-refractivity contribution in [2.24, 2.45) is 0 Å². The van der Waals surface area contributed by atoms with Gasteiger partial charge in [0.1, 0.15) is 10.7 Å². The molecule has 0 unspecified atom stereocenters. The van der Waals surface area contributed by atoms with Gasteiger partial charge in [-0.05, 0) is 38.1 Å². The van der Waals surface area contributed by atoms with Crippen molar-refractivity contribution < 1.29 is 14.3 Å². The molecule has 0 saturated heterocycles. The number of benzene rings is 2. The highest BCUT2D eigenvalue weighted by Crippen LogP contribution is 2.24. The van der Waals surface area contributed by atoms with Crippen molar-refractivity contribution in [3.05, 3.63) is 77.1 Å². The van der Waals surface area contributed by atoms with Crippen LogP contribution in [0.4, 0.5) is 5.69 Å². The van der Waals surface area contributed by atoms with E-state index in [1.165, 1.54) is 11.6 Å². The number of aromatic nitrogens is 2. The van der Waals surface area contributed by atoms with Crippen LogP contribution in [0.5, 0.6) is 0 Å². The van der Waals surface area contributed by atoms with Crippen LogP contribution in [0.1, 0.15) is 23.0 Å².